The number of methoxy groups -OCH3 is 2. The van der Waals surface area contributed by atoms with Crippen LogP contribution in [0, 0.1) is 6.92 Å². The molecule has 4 rings (SSSR count). The normalized spacial score (nSPS) is 10.7. The van der Waals surface area contributed by atoms with Crippen molar-refractivity contribution in [1.29, 1.82) is 0 Å². The second-order valence-electron chi connectivity index (χ2n) is 6.90. The van der Waals surface area contributed by atoms with Crippen LogP contribution in [0.4, 0.5) is 11.6 Å². The molecule has 2 aromatic heterocycles. The van der Waals surface area contributed by atoms with E-state index in [0.717, 1.165) is 27.6 Å². The number of ether oxygens (including phenoxy) is 2. The molecule has 8 nitrogen and oxygen atoms in total. The molecule has 4 aromatic rings. The van der Waals surface area contributed by atoms with Crippen molar-refractivity contribution in [3.05, 3.63) is 65.9 Å². The fourth-order valence-corrected chi connectivity index (χ4v) is 3.27. The smallest absolute Gasteiger partial charge is 0.255 e. The fourth-order valence-electron chi connectivity index (χ4n) is 3.27. The maximum absolute atomic E-state index is 12.9. The molecule has 0 aliphatic rings. The van der Waals surface area contributed by atoms with Crippen LogP contribution in [0.1, 0.15) is 15.9 Å². The first-order valence-corrected chi connectivity index (χ1v) is 9.52. The van der Waals surface area contributed by atoms with Crippen molar-refractivity contribution in [2.24, 2.45) is 0 Å². The lowest BCUT2D eigenvalue weighted by molar-refractivity contribution is 0.102. The number of aromatic nitrogens is 3. The number of benzene rings is 2. The highest BCUT2D eigenvalue weighted by molar-refractivity contribution is 6.05. The maximum Gasteiger partial charge on any atom is 0.255 e. The first-order chi connectivity index (χ1) is 15.0. The van der Waals surface area contributed by atoms with Crippen LogP contribution in [0.3, 0.4) is 0 Å². The van der Waals surface area contributed by atoms with E-state index < -0.39 is 0 Å². The monoisotopic (exact) mass is 415 g/mol. The molecule has 3 N–H and O–H groups in total. The Labute approximate surface area is 179 Å². The Bertz CT molecular complexity index is 1290. The van der Waals surface area contributed by atoms with Crippen molar-refractivity contribution >= 4 is 28.4 Å². The molecule has 0 aliphatic carbocycles. The minimum absolute atomic E-state index is 0.235. The van der Waals surface area contributed by atoms with Gasteiger partial charge in [-0.3, -0.25) is 4.79 Å². The number of pyridine rings is 1. The second kappa shape index (κ2) is 8.27. The topological polar surface area (TPSA) is 112 Å². The maximum atomic E-state index is 12.9. The Morgan fingerprint density at radius 3 is 2.61 bits per heavy atom. The Morgan fingerprint density at radius 1 is 1.00 bits per heavy atom. The lowest BCUT2D eigenvalue weighted by Crippen LogP contribution is -2.13. The molecule has 0 spiro atoms. The molecule has 0 aliphatic heterocycles. The van der Waals surface area contributed by atoms with E-state index in [1.54, 1.807) is 24.4 Å². The number of nitrogens with zero attached hydrogens (tertiary/aromatic N) is 3. The number of rotatable bonds is 5. The Hall–Kier alpha value is -4.20. The van der Waals surface area contributed by atoms with E-state index in [4.69, 9.17) is 15.2 Å². The highest BCUT2D eigenvalue weighted by Gasteiger charge is 2.14. The summed E-state index contributed by atoms with van der Waals surface area (Å²) in [5.41, 5.74) is 10.3. The number of carbonyl (C=O) groups is 1. The molecule has 0 atom stereocenters. The Balaban J connectivity index is 1.66. The van der Waals surface area contributed by atoms with Crippen LogP contribution in [-0.2, 0) is 0 Å². The van der Waals surface area contributed by atoms with Crippen LogP contribution < -0.4 is 20.5 Å². The Morgan fingerprint density at radius 2 is 1.84 bits per heavy atom. The summed E-state index contributed by atoms with van der Waals surface area (Å²) in [7, 11) is 3.00. The number of hydrogen-bond acceptors (Lipinski definition) is 7. The van der Waals surface area contributed by atoms with Gasteiger partial charge in [0.15, 0.2) is 0 Å². The number of nitrogens with one attached hydrogen (secondary N) is 1. The summed E-state index contributed by atoms with van der Waals surface area (Å²) in [5, 5.41) is 3.72. The summed E-state index contributed by atoms with van der Waals surface area (Å²) >= 11 is 0. The van der Waals surface area contributed by atoms with Crippen LogP contribution in [0.15, 0.2) is 54.7 Å². The highest BCUT2D eigenvalue weighted by Crippen LogP contribution is 2.29. The van der Waals surface area contributed by atoms with E-state index in [2.05, 4.69) is 20.3 Å². The zero-order valence-corrected chi connectivity index (χ0v) is 17.3. The minimum Gasteiger partial charge on any atom is -0.481 e. The van der Waals surface area contributed by atoms with Gasteiger partial charge in [0.2, 0.25) is 17.7 Å². The summed E-state index contributed by atoms with van der Waals surface area (Å²) < 4.78 is 10.4. The first-order valence-electron chi connectivity index (χ1n) is 9.52. The number of anilines is 2. The van der Waals surface area contributed by atoms with Crippen molar-refractivity contribution in [3.63, 3.8) is 0 Å². The van der Waals surface area contributed by atoms with Gasteiger partial charge in [0.1, 0.15) is 5.69 Å². The van der Waals surface area contributed by atoms with Gasteiger partial charge in [-0.2, -0.15) is 4.98 Å². The second-order valence-corrected chi connectivity index (χ2v) is 6.90. The molecule has 2 aromatic carbocycles. The molecule has 31 heavy (non-hydrogen) atoms. The standard InChI is InChI=1S/C23H21N5O3/c1-13-4-5-15(21(29)26-19-8-9-20(30-2)28-22(19)31-3)11-17(13)14-6-7-18-16(10-14)12-25-23(24)27-18/h4-12H,1-3H3,(H,26,29)(H2,24,25,27). The number of fused-ring (bicyclic) bond motifs is 1. The predicted octanol–water partition coefficient (Wildman–Crippen LogP) is 3.85. The number of nitrogens with two attached hydrogens (primary N) is 1. The average Bonchev–Trinajstić information content (AvgIpc) is 2.79. The number of aryl methyl sites for hydroxylation is 1. The van der Waals surface area contributed by atoms with Gasteiger partial charge in [-0.15, -0.1) is 0 Å². The largest absolute Gasteiger partial charge is 0.481 e. The van der Waals surface area contributed by atoms with Crippen LogP contribution in [0.2, 0.25) is 0 Å². The lowest BCUT2D eigenvalue weighted by atomic mass is 9.97. The van der Waals surface area contributed by atoms with Gasteiger partial charge in [-0.1, -0.05) is 12.1 Å². The van der Waals surface area contributed by atoms with Gasteiger partial charge >= 0.3 is 0 Å². The number of amides is 1. The van der Waals surface area contributed by atoms with Crippen LogP contribution >= 0.6 is 0 Å². The molecule has 1 amide bonds. The average molecular weight is 415 g/mol. The molecular weight excluding hydrogens is 394 g/mol. The lowest BCUT2D eigenvalue weighted by Gasteiger charge is -2.12. The van der Waals surface area contributed by atoms with Crippen molar-refractivity contribution in [2.75, 3.05) is 25.3 Å². The molecule has 0 fully saturated rings. The van der Waals surface area contributed by atoms with E-state index in [1.165, 1.54) is 14.2 Å². The van der Waals surface area contributed by atoms with Crippen molar-refractivity contribution in [1.82, 2.24) is 15.0 Å². The van der Waals surface area contributed by atoms with Gasteiger partial charge in [0.05, 0.1) is 19.7 Å². The number of hydrogen-bond donors (Lipinski definition) is 2. The zero-order chi connectivity index (χ0) is 22.0. The molecule has 0 unspecified atom stereocenters. The summed E-state index contributed by atoms with van der Waals surface area (Å²) in [6.07, 6.45) is 1.69. The molecule has 0 radical (unpaired) electrons. The molecule has 0 bridgehead atoms. The van der Waals surface area contributed by atoms with Crippen LogP contribution in [0.25, 0.3) is 22.0 Å². The van der Waals surface area contributed by atoms with Crippen molar-refractivity contribution in [3.8, 4) is 22.9 Å². The SMILES string of the molecule is COc1ccc(NC(=O)c2ccc(C)c(-c3ccc4nc(N)ncc4c3)c2)c(OC)n1. The number of nitrogen functional groups attached to an aromatic ring is 1. The highest BCUT2D eigenvalue weighted by atomic mass is 16.5. The van der Waals surface area contributed by atoms with Crippen LogP contribution in [-0.4, -0.2) is 35.1 Å². The van der Waals surface area contributed by atoms with Crippen LogP contribution in [0.5, 0.6) is 11.8 Å². The van der Waals surface area contributed by atoms with E-state index in [1.807, 2.05) is 37.3 Å². The van der Waals surface area contributed by atoms with E-state index in [9.17, 15) is 4.79 Å². The third kappa shape index (κ3) is 4.09. The molecule has 8 heteroatoms. The van der Waals surface area contributed by atoms with Gasteiger partial charge in [-0.05, 0) is 53.9 Å². The predicted molar refractivity (Wildman–Crippen MR) is 119 cm³/mol. The third-order valence-corrected chi connectivity index (χ3v) is 4.89. The molecule has 0 saturated heterocycles. The minimum atomic E-state index is -0.275. The van der Waals surface area contributed by atoms with E-state index >= 15 is 0 Å². The van der Waals surface area contributed by atoms with Crippen molar-refractivity contribution < 1.29 is 14.3 Å². The summed E-state index contributed by atoms with van der Waals surface area (Å²) in [6.45, 7) is 2.00. The van der Waals surface area contributed by atoms with E-state index in [0.29, 0.717) is 17.1 Å². The van der Waals surface area contributed by atoms with Gasteiger partial charge < -0.3 is 20.5 Å². The molecular formula is C23H21N5O3. The van der Waals surface area contributed by atoms with Gasteiger partial charge in [-0.25, -0.2) is 9.97 Å². The molecule has 156 valence electrons. The first kappa shape index (κ1) is 20.1. The summed E-state index contributed by atoms with van der Waals surface area (Å²) in [6, 6.07) is 14.7. The fraction of sp³-hybridized carbons (Fsp3) is 0.130. The van der Waals surface area contributed by atoms with Crippen molar-refractivity contribution in [2.45, 2.75) is 6.92 Å². The van der Waals surface area contributed by atoms with E-state index in [-0.39, 0.29) is 17.7 Å². The summed E-state index contributed by atoms with van der Waals surface area (Å²) in [4.78, 5) is 25.4. The van der Waals surface area contributed by atoms with Gasteiger partial charge in [0.25, 0.3) is 5.91 Å². The zero-order valence-electron chi connectivity index (χ0n) is 17.3. The van der Waals surface area contributed by atoms with Gasteiger partial charge in [0, 0.05) is 23.2 Å². The number of carbonyl (C=O) groups excluding carboxylic acids is 1. The summed E-state index contributed by atoms with van der Waals surface area (Å²) in [5.74, 6) is 0.630. The quantitative estimate of drug-likeness (QED) is 0.509. The Kier molecular flexibility index (Phi) is 5.36. The third-order valence-electron chi connectivity index (χ3n) is 4.89. The molecule has 0 saturated carbocycles. The molecule has 2 heterocycles.